The van der Waals surface area contributed by atoms with Crippen LogP contribution in [0.4, 0.5) is 11.4 Å². The van der Waals surface area contributed by atoms with Crippen LogP contribution in [-0.2, 0) is 0 Å². The van der Waals surface area contributed by atoms with Crippen molar-refractivity contribution in [3.63, 3.8) is 0 Å². The average Bonchev–Trinajstić information content (AvgIpc) is 2.44. The Morgan fingerprint density at radius 1 is 1.40 bits per heavy atom. The van der Waals surface area contributed by atoms with E-state index in [1.165, 1.54) is 18.2 Å². The van der Waals surface area contributed by atoms with Crippen LogP contribution < -0.4 is 16.8 Å². The first-order valence-corrected chi connectivity index (χ1v) is 6.44. The maximum atomic E-state index is 11.1. The first kappa shape index (κ1) is 15.9. The highest BCUT2D eigenvalue weighted by atomic mass is 16.6. The van der Waals surface area contributed by atoms with Gasteiger partial charge in [-0.05, 0) is 25.0 Å². The number of benzene rings is 1. The molecule has 5 N–H and O–H groups in total. The molecule has 1 amide bonds. The molecule has 0 heterocycles. The van der Waals surface area contributed by atoms with E-state index in [9.17, 15) is 14.9 Å². The van der Waals surface area contributed by atoms with Gasteiger partial charge < -0.3 is 16.8 Å². The molecule has 0 aliphatic rings. The number of anilines is 1. The van der Waals surface area contributed by atoms with Crippen LogP contribution in [0.25, 0.3) is 0 Å². The normalized spacial score (nSPS) is 11.2. The molecule has 0 saturated heterocycles. The Morgan fingerprint density at radius 3 is 2.45 bits per heavy atom. The molecule has 0 saturated carbocycles. The SMILES string of the molecule is CCC(N)(CC)CNc1ccc(C(N)=O)cc1[N+](=O)[O-]. The summed E-state index contributed by atoms with van der Waals surface area (Å²) in [6.07, 6.45) is 1.51. The highest BCUT2D eigenvalue weighted by Gasteiger charge is 2.22. The number of primary amides is 1. The van der Waals surface area contributed by atoms with Gasteiger partial charge in [0.2, 0.25) is 5.91 Å². The smallest absolute Gasteiger partial charge is 0.293 e. The monoisotopic (exact) mass is 280 g/mol. The number of nitrogens with two attached hydrogens (primary N) is 2. The van der Waals surface area contributed by atoms with Crippen LogP contribution in [0.5, 0.6) is 0 Å². The van der Waals surface area contributed by atoms with Gasteiger partial charge in [-0.3, -0.25) is 14.9 Å². The molecule has 0 radical (unpaired) electrons. The van der Waals surface area contributed by atoms with Gasteiger partial charge in [0, 0.05) is 23.7 Å². The molecular formula is C13H20N4O3. The maximum Gasteiger partial charge on any atom is 0.293 e. The third-order valence-electron chi connectivity index (χ3n) is 3.52. The first-order valence-electron chi connectivity index (χ1n) is 6.44. The van der Waals surface area contributed by atoms with Crippen LogP contribution >= 0.6 is 0 Å². The lowest BCUT2D eigenvalue weighted by molar-refractivity contribution is -0.384. The number of nitrogens with zero attached hydrogens (tertiary/aromatic N) is 1. The Balaban J connectivity index is 3.01. The van der Waals surface area contributed by atoms with Gasteiger partial charge in [-0.2, -0.15) is 0 Å². The zero-order valence-electron chi connectivity index (χ0n) is 11.7. The predicted molar refractivity (Wildman–Crippen MR) is 77.6 cm³/mol. The fourth-order valence-corrected chi connectivity index (χ4v) is 1.76. The van der Waals surface area contributed by atoms with Crippen LogP contribution in [0.1, 0.15) is 37.0 Å². The third-order valence-corrected chi connectivity index (χ3v) is 3.52. The average molecular weight is 280 g/mol. The van der Waals surface area contributed by atoms with E-state index in [0.29, 0.717) is 12.2 Å². The van der Waals surface area contributed by atoms with Gasteiger partial charge in [0.1, 0.15) is 5.69 Å². The lowest BCUT2D eigenvalue weighted by Gasteiger charge is -2.27. The van der Waals surface area contributed by atoms with Crippen molar-refractivity contribution in [2.75, 3.05) is 11.9 Å². The fourth-order valence-electron chi connectivity index (χ4n) is 1.76. The molecule has 1 aromatic carbocycles. The molecule has 0 unspecified atom stereocenters. The van der Waals surface area contributed by atoms with Crippen molar-refractivity contribution in [3.8, 4) is 0 Å². The number of hydrogen-bond donors (Lipinski definition) is 3. The van der Waals surface area contributed by atoms with E-state index in [4.69, 9.17) is 11.5 Å². The van der Waals surface area contributed by atoms with Gasteiger partial charge >= 0.3 is 0 Å². The van der Waals surface area contributed by atoms with Crippen molar-refractivity contribution >= 4 is 17.3 Å². The molecule has 20 heavy (non-hydrogen) atoms. The van der Waals surface area contributed by atoms with Crippen LogP contribution in [0.15, 0.2) is 18.2 Å². The Morgan fingerprint density at radius 2 is 2.00 bits per heavy atom. The number of rotatable bonds is 7. The molecule has 0 aliphatic carbocycles. The summed E-state index contributed by atoms with van der Waals surface area (Å²) in [5.74, 6) is -0.699. The topological polar surface area (TPSA) is 124 Å². The van der Waals surface area contributed by atoms with Gasteiger partial charge in [-0.25, -0.2) is 0 Å². The summed E-state index contributed by atoms with van der Waals surface area (Å²) in [4.78, 5) is 21.5. The highest BCUT2D eigenvalue weighted by Crippen LogP contribution is 2.26. The number of carbonyl (C=O) groups excluding carboxylic acids is 1. The minimum Gasteiger partial charge on any atom is -0.378 e. The number of nitrogens with one attached hydrogen (secondary N) is 1. The molecular weight excluding hydrogens is 260 g/mol. The van der Waals surface area contributed by atoms with E-state index in [0.717, 1.165) is 12.8 Å². The molecule has 110 valence electrons. The van der Waals surface area contributed by atoms with Crippen LogP contribution in [0.3, 0.4) is 0 Å². The molecule has 0 spiro atoms. The quantitative estimate of drug-likeness (QED) is 0.517. The lowest BCUT2D eigenvalue weighted by atomic mass is 9.94. The van der Waals surface area contributed by atoms with Crippen LogP contribution in [-0.4, -0.2) is 22.9 Å². The lowest BCUT2D eigenvalue weighted by Crippen LogP contribution is -2.45. The molecule has 0 aliphatic heterocycles. The van der Waals surface area contributed by atoms with E-state index in [2.05, 4.69) is 5.32 Å². The van der Waals surface area contributed by atoms with E-state index in [1.54, 1.807) is 0 Å². The van der Waals surface area contributed by atoms with Crippen molar-refractivity contribution < 1.29 is 9.72 Å². The summed E-state index contributed by atoms with van der Waals surface area (Å²) in [6.45, 7) is 4.35. The Hall–Kier alpha value is -2.15. The summed E-state index contributed by atoms with van der Waals surface area (Å²) in [5, 5.41) is 14.0. The van der Waals surface area contributed by atoms with Crippen molar-refractivity contribution in [1.82, 2.24) is 0 Å². The summed E-state index contributed by atoms with van der Waals surface area (Å²) in [6, 6.07) is 4.10. The summed E-state index contributed by atoms with van der Waals surface area (Å²) in [7, 11) is 0. The largest absolute Gasteiger partial charge is 0.378 e. The fraction of sp³-hybridized carbons (Fsp3) is 0.462. The molecule has 0 bridgehead atoms. The number of nitro groups is 1. The minimum absolute atomic E-state index is 0.104. The zero-order valence-corrected chi connectivity index (χ0v) is 11.7. The van der Waals surface area contributed by atoms with Gasteiger partial charge in [-0.15, -0.1) is 0 Å². The van der Waals surface area contributed by atoms with Gasteiger partial charge in [0.15, 0.2) is 0 Å². The third kappa shape index (κ3) is 3.67. The highest BCUT2D eigenvalue weighted by molar-refractivity contribution is 5.94. The first-order chi connectivity index (χ1) is 9.33. The van der Waals surface area contributed by atoms with E-state index in [1.807, 2.05) is 13.8 Å². The number of amides is 1. The van der Waals surface area contributed by atoms with E-state index < -0.39 is 16.4 Å². The van der Waals surface area contributed by atoms with E-state index >= 15 is 0 Å². The Kier molecular flexibility index (Phi) is 5.04. The molecule has 7 nitrogen and oxygen atoms in total. The maximum absolute atomic E-state index is 11.1. The Labute approximate surface area is 117 Å². The molecule has 0 aromatic heterocycles. The van der Waals surface area contributed by atoms with Crippen molar-refractivity contribution in [3.05, 3.63) is 33.9 Å². The molecule has 1 aromatic rings. The second-order valence-electron chi connectivity index (χ2n) is 4.78. The van der Waals surface area contributed by atoms with Crippen molar-refractivity contribution in [1.29, 1.82) is 0 Å². The van der Waals surface area contributed by atoms with Gasteiger partial charge in [-0.1, -0.05) is 13.8 Å². The van der Waals surface area contributed by atoms with Crippen LogP contribution in [0.2, 0.25) is 0 Å². The summed E-state index contributed by atoms with van der Waals surface area (Å²) >= 11 is 0. The van der Waals surface area contributed by atoms with Gasteiger partial charge in [0.25, 0.3) is 5.69 Å². The molecule has 7 heteroatoms. The van der Waals surface area contributed by atoms with Gasteiger partial charge in [0.05, 0.1) is 4.92 Å². The Bertz CT molecular complexity index is 512. The predicted octanol–water partition coefficient (Wildman–Crippen LogP) is 1.62. The molecule has 1 rings (SSSR count). The zero-order chi connectivity index (χ0) is 15.3. The number of nitro benzene ring substituents is 1. The minimum atomic E-state index is -0.699. The standard InChI is InChI=1S/C13H20N4O3/c1-3-13(15,4-2)8-16-10-6-5-9(12(14)18)7-11(10)17(19)20/h5-7,16H,3-4,8,15H2,1-2H3,(H2,14,18). The molecule has 0 atom stereocenters. The number of carbonyl (C=O) groups is 1. The second-order valence-corrected chi connectivity index (χ2v) is 4.78. The number of hydrogen-bond acceptors (Lipinski definition) is 5. The molecule has 0 fully saturated rings. The van der Waals surface area contributed by atoms with Crippen LogP contribution in [0, 0.1) is 10.1 Å². The summed E-state index contributed by atoms with van der Waals surface area (Å²) in [5.41, 5.74) is 11.1. The van der Waals surface area contributed by atoms with Crippen molar-refractivity contribution in [2.45, 2.75) is 32.2 Å². The second kappa shape index (κ2) is 6.33. The summed E-state index contributed by atoms with van der Waals surface area (Å²) < 4.78 is 0. The van der Waals surface area contributed by atoms with E-state index in [-0.39, 0.29) is 11.3 Å². The van der Waals surface area contributed by atoms with Crippen molar-refractivity contribution in [2.24, 2.45) is 11.5 Å².